The summed E-state index contributed by atoms with van der Waals surface area (Å²) < 4.78 is 0. The van der Waals surface area contributed by atoms with Crippen LogP contribution in [0.3, 0.4) is 0 Å². The summed E-state index contributed by atoms with van der Waals surface area (Å²) in [5.74, 6) is 0.338. The van der Waals surface area contributed by atoms with Crippen molar-refractivity contribution >= 4 is 0 Å². The first-order valence-electron chi connectivity index (χ1n) is 2.67. The highest BCUT2D eigenvalue weighted by molar-refractivity contribution is 5.13. The highest BCUT2D eigenvalue weighted by atomic mass is 16.3. The summed E-state index contributed by atoms with van der Waals surface area (Å²) in [6, 6.07) is 0. The molecule has 0 spiro atoms. The van der Waals surface area contributed by atoms with E-state index in [0.717, 1.165) is 5.57 Å². The van der Waals surface area contributed by atoms with Gasteiger partial charge in [0, 0.05) is 0 Å². The van der Waals surface area contributed by atoms with Crippen molar-refractivity contribution in [2.24, 2.45) is 0 Å². The van der Waals surface area contributed by atoms with E-state index in [2.05, 4.69) is 0 Å². The predicted octanol–water partition coefficient (Wildman–Crippen LogP) is 2.41. The molecule has 46 valence electrons. The number of hydrogen-bond acceptors (Lipinski definition) is 1. The smallest absolute Gasteiger partial charge is 0.111 e. The second-order valence-electron chi connectivity index (χ2n) is 1.94. The van der Waals surface area contributed by atoms with E-state index in [1.807, 2.05) is 13.8 Å². The number of allylic oxidation sites excluding steroid dienone is 3. The summed E-state index contributed by atoms with van der Waals surface area (Å²) in [6.07, 6.45) is 3.38. The number of aliphatic hydroxyl groups excluding tert-OH is 1. The van der Waals surface area contributed by atoms with Gasteiger partial charge in [-0.15, -0.1) is 0 Å². The van der Waals surface area contributed by atoms with Gasteiger partial charge in [-0.25, -0.2) is 0 Å². The fraction of sp³-hybridized carbons (Fsp3) is 0.429. The summed E-state index contributed by atoms with van der Waals surface area (Å²) in [5.41, 5.74) is 1.11. The molecule has 0 aliphatic rings. The first-order chi connectivity index (χ1) is 3.66. The lowest BCUT2D eigenvalue weighted by atomic mass is 10.3. The van der Waals surface area contributed by atoms with Gasteiger partial charge in [0.2, 0.25) is 0 Å². The van der Waals surface area contributed by atoms with E-state index >= 15 is 0 Å². The predicted molar refractivity (Wildman–Crippen MR) is 35.8 cm³/mol. The van der Waals surface area contributed by atoms with Crippen molar-refractivity contribution in [1.29, 1.82) is 0 Å². The first kappa shape index (κ1) is 7.28. The number of hydrogen-bond donors (Lipinski definition) is 1. The normalized spacial score (nSPS) is 11.1. The van der Waals surface area contributed by atoms with Gasteiger partial charge in [0.15, 0.2) is 0 Å². The Morgan fingerprint density at radius 1 is 1.38 bits per heavy atom. The minimum Gasteiger partial charge on any atom is -0.508 e. The molecule has 0 saturated heterocycles. The maximum atomic E-state index is 8.81. The minimum absolute atomic E-state index is 0.338. The van der Waals surface area contributed by atoms with Crippen molar-refractivity contribution < 1.29 is 5.11 Å². The van der Waals surface area contributed by atoms with Gasteiger partial charge in [0.25, 0.3) is 0 Å². The van der Waals surface area contributed by atoms with E-state index in [4.69, 9.17) is 5.11 Å². The Balaban J connectivity index is 3.89. The Bertz CT molecular complexity index is 116. The van der Waals surface area contributed by atoms with E-state index in [1.165, 1.54) is 0 Å². The molecule has 0 heterocycles. The average Bonchev–Trinajstić information content (AvgIpc) is 1.65. The molecule has 0 aromatic carbocycles. The summed E-state index contributed by atoms with van der Waals surface area (Å²) in [6.45, 7) is 5.69. The zero-order valence-electron chi connectivity index (χ0n) is 5.60. The lowest BCUT2D eigenvalue weighted by Crippen LogP contribution is -1.72. The summed E-state index contributed by atoms with van der Waals surface area (Å²) in [4.78, 5) is 0. The molecule has 0 aromatic heterocycles. The molecular formula is C7H12O. The lowest BCUT2D eigenvalue weighted by Gasteiger charge is -1.88. The van der Waals surface area contributed by atoms with Crippen LogP contribution in [0.1, 0.15) is 20.8 Å². The summed E-state index contributed by atoms with van der Waals surface area (Å²) in [7, 11) is 0. The van der Waals surface area contributed by atoms with Gasteiger partial charge in [-0.2, -0.15) is 0 Å². The second kappa shape index (κ2) is 3.30. The van der Waals surface area contributed by atoms with E-state index in [1.54, 1.807) is 19.1 Å². The number of rotatable bonds is 1. The van der Waals surface area contributed by atoms with E-state index in [0.29, 0.717) is 5.76 Å². The Labute approximate surface area is 50.3 Å². The van der Waals surface area contributed by atoms with Crippen LogP contribution in [0.4, 0.5) is 0 Å². The molecule has 1 N–H and O–H groups in total. The average molecular weight is 112 g/mol. The molecule has 0 amide bonds. The van der Waals surface area contributed by atoms with Crippen LogP contribution in [0, 0.1) is 0 Å². The molecule has 0 atom stereocenters. The van der Waals surface area contributed by atoms with Crippen LogP contribution in [-0.2, 0) is 0 Å². The van der Waals surface area contributed by atoms with Crippen LogP contribution in [0.2, 0.25) is 0 Å². The third-order valence-corrected chi connectivity index (χ3v) is 0.732. The number of aliphatic hydroxyl groups is 1. The van der Waals surface area contributed by atoms with Crippen molar-refractivity contribution in [3.8, 4) is 0 Å². The molecule has 1 nitrogen and oxygen atoms in total. The largest absolute Gasteiger partial charge is 0.508 e. The third kappa shape index (κ3) is 3.47. The van der Waals surface area contributed by atoms with Crippen LogP contribution in [0.5, 0.6) is 0 Å². The van der Waals surface area contributed by atoms with Crippen LogP contribution in [0.15, 0.2) is 23.5 Å². The molecule has 0 aromatic rings. The molecule has 0 unspecified atom stereocenters. The van der Waals surface area contributed by atoms with Gasteiger partial charge in [0.05, 0.1) is 0 Å². The van der Waals surface area contributed by atoms with Crippen molar-refractivity contribution in [2.45, 2.75) is 20.8 Å². The molecular weight excluding hydrogens is 100 g/mol. The SMILES string of the molecule is C/C=C(/O)C=C(C)C. The van der Waals surface area contributed by atoms with E-state index in [-0.39, 0.29) is 0 Å². The molecule has 0 aliphatic carbocycles. The fourth-order valence-electron chi connectivity index (χ4n) is 0.379. The van der Waals surface area contributed by atoms with E-state index < -0.39 is 0 Å². The Morgan fingerprint density at radius 2 is 1.88 bits per heavy atom. The fourth-order valence-corrected chi connectivity index (χ4v) is 0.379. The van der Waals surface area contributed by atoms with Gasteiger partial charge >= 0.3 is 0 Å². The van der Waals surface area contributed by atoms with Crippen LogP contribution < -0.4 is 0 Å². The molecule has 1 heteroatoms. The highest BCUT2D eigenvalue weighted by Gasteiger charge is 1.79. The van der Waals surface area contributed by atoms with Crippen molar-refractivity contribution in [3.05, 3.63) is 23.5 Å². The highest BCUT2D eigenvalue weighted by Crippen LogP contribution is 1.95. The second-order valence-corrected chi connectivity index (χ2v) is 1.94. The van der Waals surface area contributed by atoms with Gasteiger partial charge in [-0.3, -0.25) is 0 Å². The molecule has 0 bridgehead atoms. The standard InChI is InChI=1S/C7H12O/c1-4-7(8)5-6(2)3/h4-5,8H,1-3H3/b7-4+. The minimum atomic E-state index is 0.338. The zero-order chi connectivity index (χ0) is 6.57. The van der Waals surface area contributed by atoms with Crippen molar-refractivity contribution in [3.63, 3.8) is 0 Å². The van der Waals surface area contributed by atoms with Crippen LogP contribution >= 0.6 is 0 Å². The van der Waals surface area contributed by atoms with Gasteiger partial charge in [-0.05, 0) is 32.9 Å². The zero-order valence-corrected chi connectivity index (χ0v) is 5.60. The first-order valence-corrected chi connectivity index (χ1v) is 2.67. The Kier molecular flexibility index (Phi) is 3.01. The summed E-state index contributed by atoms with van der Waals surface area (Å²) in [5, 5.41) is 8.81. The quantitative estimate of drug-likeness (QED) is 0.408. The van der Waals surface area contributed by atoms with Crippen LogP contribution in [-0.4, -0.2) is 5.11 Å². The molecule has 0 saturated carbocycles. The van der Waals surface area contributed by atoms with Crippen molar-refractivity contribution in [2.75, 3.05) is 0 Å². The van der Waals surface area contributed by atoms with Crippen LogP contribution in [0.25, 0.3) is 0 Å². The Morgan fingerprint density at radius 3 is 2.00 bits per heavy atom. The molecule has 0 fully saturated rings. The Hall–Kier alpha value is -0.720. The molecule has 0 radical (unpaired) electrons. The third-order valence-electron chi connectivity index (χ3n) is 0.732. The molecule has 8 heavy (non-hydrogen) atoms. The van der Waals surface area contributed by atoms with Gasteiger partial charge < -0.3 is 5.11 Å². The van der Waals surface area contributed by atoms with Gasteiger partial charge in [0.1, 0.15) is 5.76 Å². The monoisotopic (exact) mass is 112 g/mol. The topological polar surface area (TPSA) is 20.2 Å². The van der Waals surface area contributed by atoms with Crippen molar-refractivity contribution in [1.82, 2.24) is 0 Å². The van der Waals surface area contributed by atoms with E-state index in [9.17, 15) is 0 Å². The summed E-state index contributed by atoms with van der Waals surface area (Å²) >= 11 is 0. The maximum Gasteiger partial charge on any atom is 0.111 e. The maximum absolute atomic E-state index is 8.81. The lowest BCUT2D eigenvalue weighted by molar-refractivity contribution is 0.430. The van der Waals surface area contributed by atoms with Gasteiger partial charge in [-0.1, -0.05) is 5.57 Å². The molecule has 0 rings (SSSR count). The molecule has 0 aliphatic heterocycles.